The van der Waals surface area contributed by atoms with E-state index in [9.17, 15) is 4.79 Å². The second-order valence-corrected chi connectivity index (χ2v) is 6.11. The van der Waals surface area contributed by atoms with E-state index in [4.69, 9.17) is 4.74 Å². The lowest BCUT2D eigenvalue weighted by Crippen LogP contribution is -2.23. The highest BCUT2D eigenvalue weighted by Gasteiger charge is 2.10. The Bertz CT molecular complexity index is 845. The van der Waals surface area contributed by atoms with Crippen molar-refractivity contribution >= 4 is 5.91 Å². The van der Waals surface area contributed by atoms with E-state index >= 15 is 0 Å². The second-order valence-electron chi connectivity index (χ2n) is 6.11. The largest absolute Gasteiger partial charge is 0.475 e. The van der Waals surface area contributed by atoms with Gasteiger partial charge in [0.15, 0.2) is 0 Å². The number of hydrogen-bond donors (Lipinski definition) is 1. The highest BCUT2D eigenvalue weighted by molar-refractivity contribution is 5.94. The van der Waals surface area contributed by atoms with E-state index in [1.807, 2.05) is 38.1 Å². The Labute approximate surface area is 152 Å². The molecule has 134 valence electrons. The average Bonchev–Trinajstić information content (AvgIpc) is 3.14. The van der Waals surface area contributed by atoms with Gasteiger partial charge in [-0.15, -0.1) is 0 Å². The van der Waals surface area contributed by atoms with E-state index in [1.165, 1.54) is 6.33 Å². The summed E-state index contributed by atoms with van der Waals surface area (Å²) < 4.78 is 7.40. The van der Waals surface area contributed by atoms with Crippen LogP contribution in [0.5, 0.6) is 5.88 Å². The molecule has 0 atom stereocenters. The minimum absolute atomic E-state index is 0.0249. The van der Waals surface area contributed by atoms with E-state index in [2.05, 4.69) is 20.4 Å². The molecule has 0 aliphatic carbocycles. The zero-order chi connectivity index (χ0) is 18.4. The maximum Gasteiger partial charge on any atom is 0.251 e. The number of rotatable bonds is 7. The Morgan fingerprint density at radius 1 is 1.23 bits per heavy atom. The summed E-state index contributed by atoms with van der Waals surface area (Å²) in [5.74, 6) is 0.405. The quantitative estimate of drug-likeness (QED) is 0.707. The van der Waals surface area contributed by atoms with Crippen molar-refractivity contribution in [3.63, 3.8) is 0 Å². The fraction of sp³-hybridized carbons (Fsp3) is 0.263. The van der Waals surface area contributed by atoms with Crippen LogP contribution in [0.15, 0.2) is 55.2 Å². The van der Waals surface area contributed by atoms with Crippen molar-refractivity contribution in [3.8, 4) is 5.88 Å². The topological polar surface area (TPSA) is 81.9 Å². The Hall–Kier alpha value is -3.22. The van der Waals surface area contributed by atoms with Gasteiger partial charge in [-0.2, -0.15) is 5.10 Å². The fourth-order valence-corrected chi connectivity index (χ4v) is 2.43. The predicted octanol–water partition coefficient (Wildman–Crippen LogP) is 2.44. The Morgan fingerprint density at radius 3 is 2.73 bits per heavy atom. The molecule has 0 fully saturated rings. The number of hydrogen-bond acceptors (Lipinski definition) is 5. The van der Waals surface area contributed by atoms with Gasteiger partial charge in [0.1, 0.15) is 12.7 Å². The summed E-state index contributed by atoms with van der Waals surface area (Å²) in [6, 6.07) is 11.1. The van der Waals surface area contributed by atoms with Gasteiger partial charge in [0.25, 0.3) is 5.91 Å². The summed E-state index contributed by atoms with van der Waals surface area (Å²) in [6.07, 6.45) is 4.86. The predicted molar refractivity (Wildman–Crippen MR) is 96.7 cm³/mol. The molecular formula is C19H21N5O2. The fourth-order valence-electron chi connectivity index (χ4n) is 2.43. The van der Waals surface area contributed by atoms with Gasteiger partial charge in [-0.05, 0) is 37.6 Å². The molecule has 2 heterocycles. The van der Waals surface area contributed by atoms with E-state index in [0.717, 1.165) is 11.1 Å². The zero-order valence-corrected chi connectivity index (χ0v) is 14.8. The van der Waals surface area contributed by atoms with Crippen LogP contribution in [0.2, 0.25) is 0 Å². The molecule has 1 aromatic carbocycles. The van der Waals surface area contributed by atoms with Crippen LogP contribution in [0, 0.1) is 0 Å². The van der Waals surface area contributed by atoms with Crippen LogP contribution >= 0.6 is 0 Å². The van der Waals surface area contributed by atoms with E-state index in [0.29, 0.717) is 24.5 Å². The summed E-state index contributed by atoms with van der Waals surface area (Å²) in [4.78, 5) is 20.5. The number of nitrogens with zero attached hydrogens (tertiary/aromatic N) is 4. The molecule has 7 heteroatoms. The van der Waals surface area contributed by atoms with Crippen molar-refractivity contribution in [2.75, 3.05) is 0 Å². The van der Waals surface area contributed by atoms with Crippen LogP contribution in [-0.4, -0.2) is 31.8 Å². The zero-order valence-electron chi connectivity index (χ0n) is 14.8. The number of ether oxygens (including phenoxy) is 1. The van der Waals surface area contributed by atoms with Crippen LogP contribution in [0.25, 0.3) is 0 Å². The normalized spacial score (nSPS) is 10.7. The molecule has 0 saturated carbocycles. The van der Waals surface area contributed by atoms with Crippen molar-refractivity contribution < 1.29 is 9.53 Å². The first-order valence-corrected chi connectivity index (χ1v) is 8.42. The molecule has 3 aromatic rings. The number of aromatic nitrogens is 4. The van der Waals surface area contributed by atoms with Gasteiger partial charge in [0.05, 0.1) is 12.6 Å². The highest BCUT2D eigenvalue weighted by atomic mass is 16.5. The van der Waals surface area contributed by atoms with E-state index in [1.54, 1.807) is 29.3 Å². The van der Waals surface area contributed by atoms with Crippen molar-refractivity contribution in [3.05, 3.63) is 71.9 Å². The van der Waals surface area contributed by atoms with Crippen LogP contribution < -0.4 is 10.1 Å². The summed E-state index contributed by atoms with van der Waals surface area (Å²) >= 11 is 0. The summed E-state index contributed by atoms with van der Waals surface area (Å²) in [5, 5.41) is 6.98. The van der Waals surface area contributed by atoms with Gasteiger partial charge < -0.3 is 10.1 Å². The van der Waals surface area contributed by atoms with Gasteiger partial charge in [0.2, 0.25) is 5.88 Å². The molecule has 26 heavy (non-hydrogen) atoms. The van der Waals surface area contributed by atoms with Crippen molar-refractivity contribution in [2.24, 2.45) is 0 Å². The number of amides is 1. The van der Waals surface area contributed by atoms with Gasteiger partial charge in [-0.1, -0.05) is 18.2 Å². The molecule has 1 N–H and O–H groups in total. The first kappa shape index (κ1) is 17.6. The standard InChI is InChI=1S/C19H21N5O2/c1-14(2)26-19-17(4-3-9-21-19)10-22-18(25)16-7-5-15(6-8-16)11-24-13-20-12-23-24/h3-9,12-14H,10-11H2,1-2H3,(H,22,25). The molecule has 0 aliphatic rings. The molecule has 1 amide bonds. The smallest absolute Gasteiger partial charge is 0.251 e. The molecular weight excluding hydrogens is 330 g/mol. The molecule has 3 rings (SSSR count). The monoisotopic (exact) mass is 351 g/mol. The molecule has 0 saturated heterocycles. The number of carbonyl (C=O) groups is 1. The summed E-state index contributed by atoms with van der Waals surface area (Å²) in [6.45, 7) is 4.86. The number of carbonyl (C=O) groups excluding carboxylic acids is 1. The lowest BCUT2D eigenvalue weighted by Gasteiger charge is -2.13. The Balaban J connectivity index is 1.60. The molecule has 0 aliphatic heterocycles. The van der Waals surface area contributed by atoms with Crippen molar-refractivity contribution in [1.82, 2.24) is 25.1 Å². The first-order chi connectivity index (χ1) is 12.6. The van der Waals surface area contributed by atoms with Crippen LogP contribution in [-0.2, 0) is 13.1 Å². The minimum atomic E-state index is -0.142. The van der Waals surface area contributed by atoms with Crippen molar-refractivity contribution in [2.45, 2.75) is 33.0 Å². The summed E-state index contributed by atoms with van der Waals surface area (Å²) in [7, 11) is 0. The van der Waals surface area contributed by atoms with Crippen molar-refractivity contribution in [1.29, 1.82) is 0 Å². The molecule has 0 radical (unpaired) electrons. The molecule has 2 aromatic heterocycles. The third-order valence-corrected chi connectivity index (χ3v) is 3.66. The van der Waals surface area contributed by atoms with Gasteiger partial charge >= 0.3 is 0 Å². The summed E-state index contributed by atoms with van der Waals surface area (Å²) in [5.41, 5.74) is 2.49. The third-order valence-electron chi connectivity index (χ3n) is 3.66. The average molecular weight is 351 g/mol. The van der Waals surface area contributed by atoms with E-state index in [-0.39, 0.29) is 12.0 Å². The van der Waals surface area contributed by atoms with Gasteiger partial charge in [-0.25, -0.2) is 14.6 Å². The lowest BCUT2D eigenvalue weighted by atomic mass is 10.1. The molecule has 0 unspecified atom stereocenters. The number of pyridine rings is 1. The molecule has 0 bridgehead atoms. The Morgan fingerprint density at radius 2 is 2.04 bits per heavy atom. The van der Waals surface area contributed by atoms with Gasteiger partial charge in [0, 0.05) is 23.9 Å². The third kappa shape index (κ3) is 4.66. The van der Waals surface area contributed by atoms with E-state index < -0.39 is 0 Å². The highest BCUT2D eigenvalue weighted by Crippen LogP contribution is 2.16. The first-order valence-electron chi connectivity index (χ1n) is 8.42. The second kappa shape index (κ2) is 8.24. The molecule has 7 nitrogen and oxygen atoms in total. The minimum Gasteiger partial charge on any atom is -0.475 e. The van der Waals surface area contributed by atoms with Crippen LogP contribution in [0.1, 0.15) is 35.3 Å². The van der Waals surface area contributed by atoms with Crippen LogP contribution in [0.3, 0.4) is 0 Å². The Kier molecular flexibility index (Phi) is 5.58. The molecule has 0 spiro atoms. The van der Waals surface area contributed by atoms with Gasteiger partial charge in [-0.3, -0.25) is 4.79 Å². The number of nitrogens with one attached hydrogen (secondary N) is 1. The maximum absolute atomic E-state index is 12.4. The maximum atomic E-state index is 12.4. The SMILES string of the molecule is CC(C)Oc1ncccc1CNC(=O)c1ccc(Cn2cncn2)cc1. The number of benzene rings is 1. The van der Waals surface area contributed by atoms with Crippen LogP contribution in [0.4, 0.5) is 0 Å². The lowest BCUT2D eigenvalue weighted by molar-refractivity contribution is 0.0950.